The molecule has 0 radical (unpaired) electrons. The van der Waals surface area contributed by atoms with Gasteiger partial charge in [0, 0.05) is 13.1 Å². The van der Waals surface area contributed by atoms with Crippen LogP contribution in [0.4, 0.5) is 0 Å². The van der Waals surface area contributed by atoms with Gasteiger partial charge in [0.2, 0.25) is 5.91 Å². The highest BCUT2D eigenvalue weighted by atomic mass is 32.2. The van der Waals surface area contributed by atoms with E-state index in [1.807, 2.05) is 0 Å². The number of amides is 1. The number of aliphatic hydroxyl groups is 2. The molecule has 80 valence electrons. The molecule has 0 bridgehead atoms. The summed E-state index contributed by atoms with van der Waals surface area (Å²) in [5.74, 6) is 1.14. The maximum atomic E-state index is 11.8. The number of nitrogens with zero attached hydrogens (tertiary/aromatic N) is 1. The van der Waals surface area contributed by atoms with Crippen molar-refractivity contribution in [3.05, 3.63) is 0 Å². The third-order valence-electron chi connectivity index (χ3n) is 2.78. The Morgan fingerprint density at radius 1 is 1.29 bits per heavy atom. The van der Waals surface area contributed by atoms with Crippen LogP contribution in [-0.2, 0) is 4.79 Å². The normalized spacial score (nSPS) is 37.9. The molecule has 2 N–H and O–H groups in total. The molecule has 5 heteroatoms. The summed E-state index contributed by atoms with van der Waals surface area (Å²) in [5, 5.41) is 18.7. The van der Waals surface area contributed by atoms with E-state index in [1.165, 1.54) is 0 Å². The van der Waals surface area contributed by atoms with E-state index in [4.69, 9.17) is 0 Å². The number of likely N-dealkylation sites (tertiary alicyclic amines) is 1. The number of aliphatic hydroxyl groups excluding tert-OH is 2. The second-order valence-electron chi connectivity index (χ2n) is 3.88. The third kappa shape index (κ3) is 1.89. The number of carbonyl (C=O) groups excluding carboxylic acids is 1. The van der Waals surface area contributed by atoms with Crippen molar-refractivity contribution in [2.75, 3.05) is 18.8 Å². The summed E-state index contributed by atoms with van der Waals surface area (Å²) < 4.78 is 0. The van der Waals surface area contributed by atoms with Crippen molar-refractivity contribution in [2.24, 2.45) is 0 Å². The molecule has 3 atom stereocenters. The third-order valence-corrected chi connectivity index (χ3v) is 4.14. The Bertz CT molecular complexity index is 220. The first kappa shape index (κ1) is 10.3. The summed E-state index contributed by atoms with van der Waals surface area (Å²) >= 11 is 1.69. The zero-order valence-electron chi connectivity index (χ0n) is 7.93. The lowest BCUT2D eigenvalue weighted by Gasteiger charge is -2.18. The average Bonchev–Trinajstić information content (AvgIpc) is 2.76. The Hall–Kier alpha value is -0.260. The Labute approximate surface area is 87.3 Å². The predicted molar refractivity (Wildman–Crippen MR) is 54.1 cm³/mol. The van der Waals surface area contributed by atoms with Crippen LogP contribution in [0.1, 0.15) is 12.8 Å². The van der Waals surface area contributed by atoms with Crippen LogP contribution in [0.3, 0.4) is 0 Å². The Morgan fingerprint density at radius 2 is 1.93 bits per heavy atom. The maximum absolute atomic E-state index is 11.8. The highest BCUT2D eigenvalue weighted by Crippen LogP contribution is 2.28. The summed E-state index contributed by atoms with van der Waals surface area (Å²) in [6, 6.07) is 0. The van der Waals surface area contributed by atoms with E-state index in [0.717, 1.165) is 18.6 Å². The molecule has 2 rings (SSSR count). The van der Waals surface area contributed by atoms with E-state index in [9.17, 15) is 15.0 Å². The van der Waals surface area contributed by atoms with E-state index < -0.39 is 12.2 Å². The zero-order chi connectivity index (χ0) is 10.1. The van der Waals surface area contributed by atoms with Gasteiger partial charge in [-0.15, -0.1) is 11.8 Å². The second-order valence-corrected chi connectivity index (χ2v) is 5.19. The molecule has 0 spiro atoms. The molecule has 2 saturated heterocycles. The fourth-order valence-electron chi connectivity index (χ4n) is 1.93. The number of β-amino-alcohol motifs (C(OH)–C–C–N with tert-alkyl or cyclic N) is 2. The van der Waals surface area contributed by atoms with Crippen LogP contribution in [0.15, 0.2) is 0 Å². The molecule has 14 heavy (non-hydrogen) atoms. The molecule has 0 aromatic heterocycles. The van der Waals surface area contributed by atoms with Gasteiger partial charge in [-0.3, -0.25) is 4.79 Å². The molecule has 2 aliphatic rings. The highest BCUT2D eigenvalue weighted by molar-refractivity contribution is 8.00. The Balaban J connectivity index is 1.92. The highest BCUT2D eigenvalue weighted by Gasteiger charge is 2.36. The molecule has 2 aliphatic heterocycles. The molecule has 2 heterocycles. The molecule has 0 aromatic rings. The van der Waals surface area contributed by atoms with Gasteiger partial charge in [0.15, 0.2) is 0 Å². The number of rotatable bonds is 1. The van der Waals surface area contributed by atoms with Crippen molar-refractivity contribution >= 4 is 17.7 Å². The van der Waals surface area contributed by atoms with Crippen molar-refractivity contribution in [1.82, 2.24) is 4.90 Å². The van der Waals surface area contributed by atoms with E-state index in [-0.39, 0.29) is 24.2 Å². The first-order chi connectivity index (χ1) is 6.68. The van der Waals surface area contributed by atoms with Gasteiger partial charge in [0.1, 0.15) is 0 Å². The number of hydrogen-bond acceptors (Lipinski definition) is 4. The van der Waals surface area contributed by atoms with Crippen LogP contribution in [0.5, 0.6) is 0 Å². The quantitative estimate of drug-likeness (QED) is 0.618. The van der Waals surface area contributed by atoms with Crippen LogP contribution in [0.25, 0.3) is 0 Å². The topological polar surface area (TPSA) is 60.8 Å². The van der Waals surface area contributed by atoms with Gasteiger partial charge >= 0.3 is 0 Å². The smallest absolute Gasteiger partial charge is 0.235 e. The van der Waals surface area contributed by atoms with E-state index in [0.29, 0.717) is 0 Å². The molecule has 0 aromatic carbocycles. The van der Waals surface area contributed by atoms with Crippen LogP contribution in [0, 0.1) is 0 Å². The molecule has 0 saturated carbocycles. The van der Waals surface area contributed by atoms with Crippen molar-refractivity contribution < 1.29 is 15.0 Å². The van der Waals surface area contributed by atoms with E-state index in [2.05, 4.69) is 0 Å². The fraction of sp³-hybridized carbons (Fsp3) is 0.889. The largest absolute Gasteiger partial charge is 0.388 e. The monoisotopic (exact) mass is 217 g/mol. The van der Waals surface area contributed by atoms with Crippen molar-refractivity contribution in [3.8, 4) is 0 Å². The van der Waals surface area contributed by atoms with Gasteiger partial charge in [-0.1, -0.05) is 0 Å². The lowest BCUT2D eigenvalue weighted by Crippen LogP contribution is -2.35. The number of hydrogen-bond donors (Lipinski definition) is 2. The van der Waals surface area contributed by atoms with Gasteiger partial charge in [-0.25, -0.2) is 0 Å². The summed E-state index contributed by atoms with van der Waals surface area (Å²) in [4.78, 5) is 13.4. The Morgan fingerprint density at radius 3 is 2.43 bits per heavy atom. The van der Waals surface area contributed by atoms with E-state index in [1.54, 1.807) is 16.7 Å². The van der Waals surface area contributed by atoms with Crippen LogP contribution >= 0.6 is 11.8 Å². The van der Waals surface area contributed by atoms with Crippen LogP contribution in [0.2, 0.25) is 0 Å². The second kappa shape index (κ2) is 4.08. The molecule has 1 unspecified atom stereocenters. The van der Waals surface area contributed by atoms with Crippen LogP contribution in [-0.4, -0.2) is 57.3 Å². The fourth-order valence-corrected chi connectivity index (χ4v) is 3.17. The summed E-state index contributed by atoms with van der Waals surface area (Å²) in [7, 11) is 0. The summed E-state index contributed by atoms with van der Waals surface area (Å²) in [6.07, 6.45) is 0.516. The lowest BCUT2D eigenvalue weighted by molar-refractivity contribution is -0.130. The van der Waals surface area contributed by atoms with Gasteiger partial charge in [0.05, 0.1) is 17.5 Å². The van der Waals surface area contributed by atoms with Gasteiger partial charge in [-0.05, 0) is 18.6 Å². The van der Waals surface area contributed by atoms with Gasteiger partial charge in [-0.2, -0.15) is 0 Å². The lowest BCUT2D eigenvalue weighted by atomic mass is 10.2. The summed E-state index contributed by atoms with van der Waals surface area (Å²) in [5.41, 5.74) is 0. The Kier molecular flexibility index (Phi) is 2.99. The molecule has 4 nitrogen and oxygen atoms in total. The van der Waals surface area contributed by atoms with Gasteiger partial charge < -0.3 is 15.1 Å². The van der Waals surface area contributed by atoms with Crippen molar-refractivity contribution in [2.45, 2.75) is 30.3 Å². The molecular weight excluding hydrogens is 202 g/mol. The minimum Gasteiger partial charge on any atom is -0.388 e. The number of carbonyl (C=O) groups is 1. The SMILES string of the molecule is O=C(C1CCCS1)N1C[C@@H](O)[C@@H](O)C1. The van der Waals surface area contributed by atoms with Crippen LogP contribution < -0.4 is 0 Å². The minimum absolute atomic E-state index is 0.0625. The van der Waals surface area contributed by atoms with Crippen molar-refractivity contribution in [1.29, 1.82) is 0 Å². The predicted octanol–water partition coefficient (Wildman–Crippen LogP) is -0.554. The molecule has 1 amide bonds. The van der Waals surface area contributed by atoms with Gasteiger partial charge in [0.25, 0.3) is 0 Å². The van der Waals surface area contributed by atoms with Crippen molar-refractivity contribution in [3.63, 3.8) is 0 Å². The molecule has 2 fully saturated rings. The minimum atomic E-state index is -0.759. The standard InChI is InChI=1S/C9H15NO3S/c11-6-4-10(5-7(6)12)9(13)8-2-1-3-14-8/h6-8,11-12H,1-5H2/t6-,7+,8?. The molecular formula is C9H15NO3S. The average molecular weight is 217 g/mol. The maximum Gasteiger partial charge on any atom is 0.235 e. The summed E-state index contributed by atoms with van der Waals surface area (Å²) in [6.45, 7) is 0.577. The van der Waals surface area contributed by atoms with E-state index >= 15 is 0 Å². The first-order valence-corrected chi connectivity index (χ1v) is 6.00. The number of thioether (sulfide) groups is 1. The first-order valence-electron chi connectivity index (χ1n) is 4.95. The zero-order valence-corrected chi connectivity index (χ0v) is 8.74. The molecule has 0 aliphatic carbocycles.